The summed E-state index contributed by atoms with van der Waals surface area (Å²) in [5, 5.41) is 4.95. The van der Waals surface area contributed by atoms with Gasteiger partial charge < -0.3 is 5.32 Å². The number of pyridine rings is 1. The Morgan fingerprint density at radius 2 is 1.84 bits per heavy atom. The van der Waals surface area contributed by atoms with Crippen LogP contribution in [0.2, 0.25) is 5.02 Å². The summed E-state index contributed by atoms with van der Waals surface area (Å²) < 4.78 is 0. The molecule has 0 amide bonds. The van der Waals surface area contributed by atoms with Crippen LogP contribution in [0.25, 0.3) is 22.3 Å². The third-order valence-corrected chi connectivity index (χ3v) is 4.21. The van der Waals surface area contributed by atoms with Gasteiger partial charge in [0, 0.05) is 34.1 Å². The first-order valence-electron chi connectivity index (χ1n) is 7.91. The van der Waals surface area contributed by atoms with Crippen LogP contribution in [0.5, 0.6) is 0 Å². The lowest BCUT2D eigenvalue weighted by Crippen LogP contribution is -2.00. The highest BCUT2D eigenvalue weighted by Gasteiger charge is 2.11. The molecular weight excluding hydrogens is 332 g/mol. The zero-order valence-electron chi connectivity index (χ0n) is 13.6. The van der Waals surface area contributed by atoms with Crippen molar-refractivity contribution in [3.8, 4) is 11.4 Å². The summed E-state index contributed by atoms with van der Waals surface area (Å²) in [5.41, 5.74) is 3.83. The summed E-state index contributed by atoms with van der Waals surface area (Å²) in [6.07, 6.45) is 3.49. The van der Waals surface area contributed by atoms with Crippen molar-refractivity contribution in [2.45, 2.75) is 6.92 Å². The molecule has 2 aromatic heterocycles. The first kappa shape index (κ1) is 15.5. The first-order valence-corrected chi connectivity index (χ1v) is 8.29. The third-order valence-electron chi connectivity index (χ3n) is 3.98. The van der Waals surface area contributed by atoms with Gasteiger partial charge in [-0.1, -0.05) is 29.8 Å². The second-order valence-electron chi connectivity index (χ2n) is 5.74. The van der Waals surface area contributed by atoms with E-state index in [4.69, 9.17) is 16.6 Å². The van der Waals surface area contributed by atoms with Gasteiger partial charge in [0.25, 0.3) is 0 Å². The van der Waals surface area contributed by atoms with E-state index in [1.54, 1.807) is 12.4 Å². The average molecular weight is 347 g/mol. The number of aryl methyl sites for hydroxylation is 1. The van der Waals surface area contributed by atoms with E-state index in [-0.39, 0.29) is 0 Å². The number of halogens is 1. The topological polar surface area (TPSA) is 50.7 Å². The fraction of sp³-hybridized carbons (Fsp3) is 0.0500. The molecule has 4 nitrogen and oxygen atoms in total. The van der Waals surface area contributed by atoms with E-state index < -0.39 is 0 Å². The number of nitrogens with one attached hydrogen (secondary N) is 1. The van der Waals surface area contributed by atoms with E-state index in [0.29, 0.717) is 10.8 Å². The number of aromatic nitrogens is 3. The highest BCUT2D eigenvalue weighted by Crippen LogP contribution is 2.30. The van der Waals surface area contributed by atoms with Crippen LogP contribution in [-0.2, 0) is 0 Å². The van der Waals surface area contributed by atoms with Gasteiger partial charge in [-0.2, -0.15) is 0 Å². The van der Waals surface area contributed by atoms with Gasteiger partial charge in [-0.3, -0.25) is 4.98 Å². The second-order valence-corrected chi connectivity index (χ2v) is 6.18. The molecule has 0 aliphatic carbocycles. The van der Waals surface area contributed by atoms with Crippen molar-refractivity contribution in [2.75, 3.05) is 5.32 Å². The zero-order chi connectivity index (χ0) is 17.2. The normalized spacial score (nSPS) is 10.8. The summed E-state index contributed by atoms with van der Waals surface area (Å²) in [6.45, 7) is 2.06. The molecule has 1 N–H and O–H groups in total. The minimum absolute atomic E-state index is 0.624. The lowest BCUT2D eigenvalue weighted by Gasteiger charge is -2.13. The van der Waals surface area contributed by atoms with Crippen LogP contribution in [-0.4, -0.2) is 15.0 Å². The van der Waals surface area contributed by atoms with E-state index in [2.05, 4.69) is 28.3 Å². The molecule has 0 saturated carbocycles. The Morgan fingerprint density at radius 3 is 2.64 bits per heavy atom. The van der Waals surface area contributed by atoms with Gasteiger partial charge in [0.15, 0.2) is 5.82 Å². The number of para-hydroxylation sites is 1. The number of benzene rings is 2. The van der Waals surface area contributed by atoms with Gasteiger partial charge in [0.2, 0.25) is 0 Å². The Hall–Kier alpha value is -2.98. The largest absolute Gasteiger partial charge is 0.339 e. The van der Waals surface area contributed by atoms with Crippen LogP contribution in [0.15, 0.2) is 67.0 Å². The molecule has 0 radical (unpaired) electrons. The van der Waals surface area contributed by atoms with Gasteiger partial charge in [-0.25, -0.2) is 9.97 Å². The molecule has 5 heteroatoms. The standard InChI is InChI=1S/C20H15ClN4/c1-13-5-2-3-7-17(13)23-20-16-11-15(21)8-9-18(16)24-19(25-20)14-6-4-10-22-12-14/h2-12H,1H3,(H,23,24,25). The van der Waals surface area contributed by atoms with Crippen molar-refractivity contribution in [1.29, 1.82) is 0 Å². The van der Waals surface area contributed by atoms with Crippen molar-refractivity contribution < 1.29 is 0 Å². The summed E-state index contributed by atoms with van der Waals surface area (Å²) in [6, 6.07) is 17.5. The fourth-order valence-electron chi connectivity index (χ4n) is 2.66. The summed E-state index contributed by atoms with van der Waals surface area (Å²) in [4.78, 5) is 13.6. The summed E-state index contributed by atoms with van der Waals surface area (Å²) >= 11 is 6.19. The second kappa shape index (κ2) is 6.49. The minimum Gasteiger partial charge on any atom is -0.339 e. The molecular formula is C20H15ClN4. The number of hydrogen-bond acceptors (Lipinski definition) is 4. The van der Waals surface area contributed by atoms with Crippen LogP contribution in [0.3, 0.4) is 0 Å². The van der Waals surface area contributed by atoms with Crippen molar-refractivity contribution in [1.82, 2.24) is 15.0 Å². The van der Waals surface area contributed by atoms with Gasteiger partial charge in [0.1, 0.15) is 5.82 Å². The van der Waals surface area contributed by atoms with Crippen molar-refractivity contribution in [3.63, 3.8) is 0 Å². The molecule has 0 atom stereocenters. The molecule has 25 heavy (non-hydrogen) atoms. The molecule has 4 rings (SSSR count). The van der Waals surface area contributed by atoms with E-state index in [1.165, 1.54) is 0 Å². The Balaban J connectivity index is 1.91. The molecule has 0 fully saturated rings. The molecule has 0 unspecified atom stereocenters. The van der Waals surface area contributed by atoms with Gasteiger partial charge in [-0.15, -0.1) is 0 Å². The Kier molecular flexibility index (Phi) is 4.04. The quantitative estimate of drug-likeness (QED) is 0.539. The fourth-order valence-corrected chi connectivity index (χ4v) is 2.83. The van der Waals surface area contributed by atoms with Crippen LogP contribution >= 0.6 is 11.6 Å². The predicted octanol–water partition coefficient (Wildman–Crippen LogP) is 5.40. The molecule has 0 aliphatic rings. The smallest absolute Gasteiger partial charge is 0.163 e. The van der Waals surface area contributed by atoms with Gasteiger partial charge in [-0.05, 0) is 48.9 Å². The molecule has 0 bridgehead atoms. The highest BCUT2D eigenvalue weighted by atomic mass is 35.5. The number of hydrogen-bond donors (Lipinski definition) is 1. The highest BCUT2D eigenvalue weighted by molar-refractivity contribution is 6.31. The maximum atomic E-state index is 6.19. The summed E-state index contributed by atoms with van der Waals surface area (Å²) in [7, 11) is 0. The Bertz CT molecular complexity index is 1050. The van der Waals surface area contributed by atoms with Crippen molar-refractivity contribution in [3.05, 3.63) is 77.6 Å². The summed E-state index contributed by atoms with van der Waals surface area (Å²) in [5.74, 6) is 1.35. The van der Waals surface area contributed by atoms with E-state index in [0.717, 1.165) is 33.5 Å². The lowest BCUT2D eigenvalue weighted by atomic mass is 10.1. The molecule has 2 heterocycles. The van der Waals surface area contributed by atoms with E-state index in [1.807, 2.05) is 48.5 Å². The maximum Gasteiger partial charge on any atom is 0.163 e. The van der Waals surface area contributed by atoms with E-state index >= 15 is 0 Å². The van der Waals surface area contributed by atoms with Crippen LogP contribution in [0.4, 0.5) is 11.5 Å². The van der Waals surface area contributed by atoms with Crippen molar-refractivity contribution >= 4 is 34.0 Å². The van der Waals surface area contributed by atoms with Gasteiger partial charge >= 0.3 is 0 Å². The Morgan fingerprint density at radius 1 is 0.960 bits per heavy atom. The SMILES string of the molecule is Cc1ccccc1Nc1nc(-c2cccnc2)nc2ccc(Cl)cc12. The molecule has 4 aromatic rings. The molecule has 0 aliphatic heterocycles. The van der Waals surface area contributed by atoms with Crippen LogP contribution < -0.4 is 5.32 Å². The van der Waals surface area contributed by atoms with Gasteiger partial charge in [0.05, 0.1) is 5.52 Å². The lowest BCUT2D eigenvalue weighted by molar-refractivity contribution is 1.20. The maximum absolute atomic E-state index is 6.19. The molecule has 2 aromatic carbocycles. The average Bonchev–Trinajstić information content (AvgIpc) is 2.64. The monoisotopic (exact) mass is 346 g/mol. The zero-order valence-corrected chi connectivity index (χ0v) is 14.3. The third kappa shape index (κ3) is 3.16. The predicted molar refractivity (Wildman–Crippen MR) is 102 cm³/mol. The molecule has 0 saturated heterocycles. The number of anilines is 2. The van der Waals surface area contributed by atoms with Crippen LogP contribution in [0, 0.1) is 6.92 Å². The number of rotatable bonds is 3. The van der Waals surface area contributed by atoms with Crippen molar-refractivity contribution in [2.24, 2.45) is 0 Å². The first-order chi connectivity index (χ1) is 12.2. The van der Waals surface area contributed by atoms with E-state index in [9.17, 15) is 0 Å². The minimum atomic E-state index is 0.624. The number of fused-ring (bicyclic) bond motifs is 1. The molecule has 0 spiro atoms. The number of nitrogens with zero attached hydrogens (tertiary/aromatic N) is 3. The Labute approximate surface area is 150 Å². The molecule has 122 valence electrons. The van der Waals surface area contributed by atoms with Crippen LogP contribution in [0.1, 0.15) is 5.56 Å².